The van der Waals surface area contributed by atoms with Crippen molar-refractivity contribution in [1.82, 2.24) is 15.1 Å². The SMILES string of the molecule is Cc1ccc(-c2ccc(=O)n(CCNC(=O)COc3ccccc3C)n2)cc1. The van der Waals surface area contributed by atoms with Gasteiger partial charge in [0.15, 0.2) is 6.61 Å². The Balaban J connectivity index is 1.55. The molecule has 0 fully saturated rings. The summed E-state index contributed by atoms with van der Waals surface area (Å²) in [4.78, 5) is 24.0. The number of para-hydroxylation sites is 1. The minimum Gasteiger partial charge on any atom is -0.484 e. The summed E-state index contributed by atoms with van der Waals surface area (Å²) in [5.74, 6) is 0.437. The quantitative estimate of drug-likeness (QED) is 0.687. The van der Waals surface area contributed by atoms with Crippen LogP contribution < -0.4 is 15.6 Å². The minimum atomic E-state index is -0.244. The van der Waals surface area contributed by atoms with Gasteiger partial charge in [-0.1, -0.05) is 48.0 Å². The van der Waals surface area contributed by atoms with E-state index in [1.54, 1.807) is 6.07 Å². The van der Waals surface area contributed by atoms with E-state index in [4.69, 9.17) is 4.74 Å². The molecule has 1 aromatic heterocycles. The molecule has 1 N–H and O–H groups in total. The number of carbonyl (C=O) groups excluding carboxylic acids is 1. The maximum Gasteiger partial charge on any atom is 0.266 e. The molecule has 0 atom stereocenters. The van der Waals surface area contributed by atoms with Crippen LogP contribution in [0, 0.1) is 13.8 Å². The van der Waals surface area contributed by atoms with Crippen LogP contribution in [0.25, 0.3) is 11.3 Å². The van der Waals surface area contributed by atoms with Gasteiger partial charge >= 0.3 is 0 Å². The maximum absolute atomic E-state index is 12.0. The Bertz CT molecular complexity index is 1010. The lowest BCUT2D eigenvalue weighted by atomic mass is 10.1. The van der Waals surface area contributed by atoms with Crippen molar-refractivity contribution in [2.75, 3.05) is 13.2 Å². The molecule has 0 aliphatic carbocycles. The summed E-state index contributed by atoms with van der Waals surface area (Å²) in [6.07, 6.45) is 0. The number of ether oxygens (including phenoxy) is 1. The average Bonchev–Trinajstić information content (AvgIpc) is 2.69. The highest BCUT2D eigenvalue weighted by atomic mass is 16.5. The van der Waals surface area contributed by atoms with Crippen LogP contribution in [0.2, 0.25) is 0 Å². The van der Waals surface area contributed by atoms with E-state index in [0.717, 1.165) is 16.7 Å². The molecule has 6 nitrogen and oxygen atoms in total. The molecule has 2 aromatic carbocycles. The average molecular weight is 377 g/mol. The number of rotatable bonds is 7. The lowest BCUT2D eigenvalue weighted by molar-refractivity contribution is -0.123. The number of nitrogens with zero attached hydrogens (tertiary/aromatic N) is 2. The van der Waals surface area contributed by atoms with Gasteiger partial charge in [0.2, 0.25) is 0 Å². The Hall–Kier alpha value is -3.41. The molecule has 0 aliphatic rings. The Morgan fingerprint density at radius 1 is 1.04 bits per heavy atom. The standard InChI is InChI=1S/C22H23N3O3/c1-16-7-9-18(10-8-16)19-11-12-22(27)25(24-19)14-13-23-21(26)15-28-20-6-4-3-5-17(20)2/h3-12H,13-15H2,1-2H3,(H,23,26). The van der Waals surface area contributed by atoms with Crippen LogP contribution in [0.15, 0.2) is 65.5 Å². The van der Waals surface area contributed by atoms with Crippen LogP contribution in [0.3, 0.4) is 0 Å². The van der Waals surface area contributed by atoms with Crippen LogP contribution in [0.1, 0.15) is 11.1 Å². The number of benzene rings is 2. The van der Waals surface area contributed by atoms with Crippen LogP contribution >= 0.6 is 0 Å². The van der Waals surface area contributed by atoms with Gasteiger partial charge in [-0.3, -0.25) is 9.59 Å². The summed E-state index contributed by atoms with van der Waals surface area (Å²) < 4.78 is 6.87. The zero-order valence-corrected chi connectivity index (χ0v) is 16.0. The highest BCUT2D eigenvalue weighted by molar-refractivity contribution is 5.77. The molecule has 1 amide bonds. The maximum atomic E-state index is 12.0. The van der Waals surface area contributed by atoms with Gasteiger partial charge in [-0.25, -0.2) is 4.68 Å². The number of hydrogen-bond donors (Lipinski definition) is 1. The van der Waals surface area contributed by atoms with Crippen molar-refractivity contribution in [3.05, 3.63) is 82.1 Å². The van der Waals surface area contributed by atoms with Gasteiger partial charge in [0.25, 0.3) is 11.5 Å². The van der Waals surface area contributed by atoms with Crippen LogP contribution in [-0.2, 0) is 11.3 Å². The van der Waals surface area contributed by atoms with Crippen molar-refractivity contribution in [3.63, 3.8) is 0 Å². The first kappa shape index (κ1) is 19.4. The fourth-order valence-electron chi connectivity index (χ4n) is 2.70. The van der Waals surface area contributed by atoms with Gasteiger partial charge in [-0.2, -0.15) is 5.10 Å². The third kappa shape index (κ3) is 5.07. The largest absolute Gasteiger partial charge is 0.484 e. The molecular weight excluding hydrogens is 354 g/mol. The third-order valence-electron chi connectivity index (χ3n) is 4.31. The molecule has 3 rings (SSSR count). The van der Waals surface area contributed by atoms with E-state index in [0.29, 0.717) is 18.0 Å². The van der Waals surface area contributed by atoms with E-state index in [1.807, 2.05) is 62.4 Å². The molecule has 0 aliphatic heterocycles. The lowest BCUT2D eigenvalue weighted by Crippen LogP contribution is -2.34. The molecule has 144 valence electrons. The van der Waals surface area contributed by atoms with Crippen molar-refractivity contribution in [1.29, 1.82) is 0 Å². The summed E-state index contributed by atoms with van der Waals surface area (Å²) in [7, 11) is 0. The highest BCUT2D eigenvalue weighted by Crippen LogP contribution is 2.16. The van der Waals surface area contributed by atoms with Crippen molar-refractivity contribution in [2.45, 2.75) is 20.4 Å². The Morgan fingerprint density at radius 2 is 1.79 bits per heavy atom. The van der Waals surface area contributed by atoms with E-state index in [2.05, 4.69) is 10.4 Å². The van der Waals surface area contributed by atoms with E-state index in [-0.39, 0.29) is 24.6 Å². The molecular formula is C22H23N3O3. The molecule has 0 spiro atoms. The smallest absolute Gasteiger partial charge is 0.266 e. The van der Waals surface area contributed by atoms with Gasteiger partial charge in [0.05, 0.1) is 12.2 Å². The molecule has 0 bridgehead atoms. The van der Waals surface area contributed by atoms with E-state index in [1.165, 1.54) is 10.7 Å². The van der Waals surface area contributed by atoms with Gasteiger partial charge in [-0.15, -0.1) is 0 Å². The Labute approximate surface area is 163 Å². The summed E-state index contributed by atoms with van der Waals surface area (Å²) in [6, 6.07) is 18.7. The second kappa shape index (κ2) is 8.99. The summed E-state index contributed by atoms with van der Waals surface area (Å²) in [5.41, 5.74) is 3.58. The molecule has 1 heterocycles. The first-order valence-electron chi connectivity index (χ1n) is 9.13. The van der Waals surface area contributed by atoms with Gasteiger partial charge < -0.3 is 10.1 Å². The number of aromatic nitrogens is 2. The van der Waals surface area contributed by atoms with Crippen molar-refractivity contribution < 1.29 is 9.53 Å². The van der Waals surface area contributed by atoms with E-state index < -0.39 is 0 Å². The number of aryl methyl sites for hydroxylation is 2. The predicted octanol–water partition coefficient (Wildman–Crippen LogP) is 2.72. The van der Waals surface area contributed by atoms with Crippen molar-refractivity contribution >= 4 is 5.91 Å². The zero-order valence-electron chi connectivity index (χ0n) is 16.0. The molecule has 0 unspecified atom stereocenters. The second-order valence-corrected chi connectivity index (χ2v) is 6.55. The number of amides is 1. The fourth-order valence-corrected chi connectivity index (χ4v) is 2.70. The van der Waals surface area contributed by atoms with Gasteiger partial charge in [0, 0.05) is 18.2 Å². The van der Waals surface area contributed by atoms with Gasteiger partial charge in [-0.05, 0) is 31.5 Å². The molecule has 0 saturated carbocycles. The Morgan fingerprint density at radius 3 is 2.54 bits per heavy atom. The van der Waals surface area contributed by atoms with E-state index in [9.17, 15) is 9.59 Å². The summed E-state index contributed by atoms with van der Waals surface area (Å²) in [6.45, 7) is 4.45. The topological polar surface area (TPSA) is 73.2 Å². The number of hydrogen-bond acceptors (Lipinski definition) is 4. The lowest BCUT2D eigenvalue weighted by Gasteiger charge is -2.10. The molecule has 28 heavy (non-hydrogen) atoms. The zero-order chi connectivity index (χ0) is 19.9. The molecule has 6 heteroatoms. The molecule has 0 saturated heterocycles. The van der Waals surface area contributed by atoms with Gasteiger partial charge in [0.1, 0.15) is 5.75 Å². The normalized spacial score (nSPS) is 10.5. The first-order valence-corrected chi connectivity index (χ1v) is 9.13. The first-order chi connectivity index (χ1) is 13.5. The van der Waals surface area contributed by atoms with Crippen LogP contribution in [-0.4, -0.2) is 28.8 Å². The van der Waals surface area contributed by atoms with Crippen molar-refractivity contribution in [2.24, 2.45) is 0 Å². The number of nitrogens with one attached hydrogen (secondary N) is 1. The second-order valence-electron chi connectivity index (χ2n) is 6.55. The minimum absolute atomic E-state index is 0.0728. The highest BCUT2D eigenvalue weighted by Gasteiger charge is 2.06. The van der Waals surface area contributed by atoms with Crippen LogP contribution in [0.5, 0.6) is 5.75 Å². The van der Waals surface area contributed by atoms with Crippen molar-refractivity contribution in [3.8, 4) is 17.0 Å². The number of carbonyl (C=O) groups is 1. The fraction of sp³-hybridized carbons (Fsp3) is 0.227. The summed E-state index contributed by atoms with van der Waals surface area (Å²) >= 11 is 0. The predicted molar refractivity (Wildman–Crippen MR) is 108 cm³/mol. The summed E-state index contributed by atoms with van der Waals surface area (Å²) in [5, 5.41) is 7.15. The Kier molecular flexibility index (Phi) is 6.22. The van der Waals surface area contributed by atoms with E-state index >= 15 is 0 Å². The third-order valence-corrected chi connectivity index (χ3v) is 4.31. The van der Waals surface area contributed by atoms with Crippen LogP contribution in [0.4, 0.5) is 0 Å². The molecule has 0 radical (unpaired) electrons. The monoisotopic (exact) mass is 377 g/mol. The molecule has 3 aromatic rings.